The van der Waals surface area contributed by atoms with Gasteiger partial charge in [0.05, 0.1) is 5.69 Å². The highest BCUT2D eigenvalue weighted by Crippen LogP contribution is 2.42. The van der Waals surface area contributed by atoms with Gasteiger partial charge in [-0.15, -0.1) is 0 Å². The lowest BCUT2D eigenvalue weighted by atomic mass is 9.76. The van der Waals surface area contributed by atoms with E-state index in [1.165, 1.54) is 22.4 Å². The third kappa shape index (κ3) is 6.74. The molecule has 2 heterocycles. The third-order valence-corrected chi connectivity index (χ3v) is 7.86. The lowest BCUT2D eigenvalue weighted by molar-refractivity contribution is 0.0425. The van der Waals surface area contributed by atoms with Crippen molar-refractivity contribution in [3.05, 3.63) is 93.8 Å². The zero-order valence-electron chi connectivity index (χ0n) is 21.7. The van der Waals surface area contributed by atoms with Crippen LogP contribution in [0.5, 0.6) is 5.75 Å². The molecule has 2 aromatic carbocycles. The molecule has 3 N–H and O–H groups in total. The number of nitrogens with one attached hydrogen (secondary N) is 1. The molecule has 1 fully saturated rings. The van der Waals surface area contributed by atoms with Crippen molar-refractivity contribution in [2.24, 2.45) is 11.8 Å². The van der Waals surface area contributed by atoms with E-state index in [1.54, 1.807) is 0 Å². The number of hydroxylamine groups is 1. The number of pyridine rings is 1. The number of nitrogens with zero attached hydrogens (tertiary/aromatic N) is 2. The predicted octanol–water partition coefficient (Wildman–Crippen LogP) is 4.89. The largest absolute Gasteiger partial charge is 0.492 e. The van der Waals surface area contributed by atoms with E-state index in [2.05, 4.69) is 51.4 Å². The molecule has 198 valence electrons. The average Bonchev–Trinajstić information content (AvgIpc) is 3.11. The molecule has 5 rings (SSSR count). The second-order valence-electron chi connectivity index (χ2n) is 9.98. The molecule has 38 heavy (non-hydrogen) atoms. The van der Waals surface area contributed by atoms with E-state index in [1.807, 2.05) is 36.5 Å². The number of piperidine rings is 1. The van der Waals surface area contributed by atoms with Crippen molar-refractivity contribution in [2.45, 2.75) is 38.0 Å². The highest BCUT2D eigenvalue weighted by Gasteiger charge is 2.33. The highest BCUT2D eigenvalue weighted by atomic mass is 35.5. The van der Waals surface area contributed by atoms with Gasteiger partial charge in [0.2, 0.25) is 0 Å². The normalized spacial score (nSPS) is 17.6. The van der Waals surface area contributed by atoms with Crippen molar-refractivity contribution in [3.8, 4) is 17.6 Å². The van der Waals surface area contributed by atoms with Crippen molar-refractivity contribution in [3.63, 3.8) is 0 Å². The number of ether oxygens (including phenoxy) is 1. The Kier molecular flexibility index (Phi) is 9.29. The van der Waals surface area contributed by atoms with Gasteiger partial charge in [0.15, 0.2) is 0 Å². The van der Waals surface area contributed by atoms with Gasteiger partial charge in [0, 0.05) is 42.2 Å². The van der Waals surface area contributed by atoms with Crippen LogP contribution in [0.15, 0.2) is 60.8 Å². The summed E-state index contributed by atoms with van der Waals surface area (Å²) in [5.41, 5.74) is 8.99. The van der Waals surface area contributed by atoms with Crippen LogP contribution in [0.1, 0.15) is 53.1 Å². The van der Waals surface area contributed by atoms with Crippen LogP contribution in [0.2, 0.25) is 5.02 Å². The molecule has 1 saturated heterocycles. The molecule has 1 unspecified atom stereocenters. The van der Waals surface area contributed by atoms with Gasteiger partial charge in [-0.1, -0.05) is 35.6 Å². The van der Waals surface area contributed by atoms with Crippen LogP contribution >= 0.6 is 11.6 Å². The SMILES string of the molecule is NONCCC#Cc1ccc(OCCN2CCC(C3c4ccc(Cl)cc4CCc4cccnc43)CC2)cc1. The molecule has 1 aliphatic heterocycles. The second kappa shape index (κ2) is 13.2. The first-order valence-electron chi connectivity index (χ1n) is 13.5. The molecular weight excluding hydrogens is 496 g/mol. The van der Waals surface area contributed by atoms with Gasteiger partial charge in [-0.25, -0.2) is 4.94 Å². The highest BCUT2D eigenvalue weighted by molar-refractivity contribution is 6.30. The average molecular weight is 531 g/mol. The molecule has 1 atom stereocenters. The number of fused-ring (bicyclic) bond motifs is 2. The van der Waals surface area contributed by atoms with Gasteiger partial charge < -0.3 is 4.74 Å². The smallest absolute Gasteiger partial charge is 0.119 e. The summed E-state index contributed by atoms with van der Waals surface area (Å²) in [5.74, 6) is 12.9. The molecule has 6 nitrogen and oxygen atoms in total. The van der Waals surface area contributed by atoms with Crippen molar-refractivity contribution in [1.82, 2.24) is 15.4 Å². The summed E-state index contributed by atoms with van der Waals surface area (Å²) < 4.78 is 6.03. The minimum Gasteiger partial charge on any atom is -0.492 e. The maximum atomic E-state index is 6.38. The Morgan fingerprint density at radius 1 is 1.05 bits per heavy atom. The van der Waals surface area contributed by atoms with Crippen LogP contribution in [-0.2, 0) is 17.8 Å². The number of aromatic nitrogens is 1. The standard InChI is InChI=1S/C31H35ClN4O2/c32-27-10-13-29-26(22-27)9-8-25-5-3-16-34-31(25)30(29)24-14-18-36(19-15-24)20-21-37-28-11-6-23(7-12-28)4-1-2-17-35-38-33/h3,5-7,10-13,16,22,24,30,35H,2,8-9,14-15,17-21,33H2. The van der Waals surface area contributed by atoms with E-state index in [0.717, 1.165) is 61.7 Å². The maximum Gasteiger partial charge on any atom is 0.119 e. The van der Waals surface area contributed by atoms with Crippen LogP contribution in [-0.4, -0.2) is 42.7 Å². The predicted molar refractivity (Wildman–Crippen MR) is 151 cm³/mol. The Morgan fingerprint density at radius 2 is 1.87 bits per heavy atom. The molecule has 3 aromatic rings. The summed E-state index contributed by atoms with van der Waals surface area (Å²) in [6, 6.07) is 18.7. The van der Waals surface area contributed by atoms with Gasteiger partial charge in [-0.05, 0) is 104 Å². The van der Waals surface area contributed by atoms with Crippen molar-refractivity contribution >= 4 is 11.6 Å². The summed E-state index contributed by atoms with van der Waals surface area (Å²) in [7, 11) is 0. The van der Waals surface area contributed by atoms with Gasteiger partial charge in [-0.2, -0.15) is 11.4 Å². The second-order valence-corrected chi connectivity index (χ2v) is 10.4. The van der Waals surface area contributed by atoms with Gasteiger partial charge in [0.25, 0.3) is 0 Å². The Bertz CT molecular complexity index is 1260. The molecule has 0 amide bonds. The van der Waals surface area contributed by atoms with E-state index in [9.17, 15) is 0 Å². The number of hydrogen-bond donors (Lipinski definition) is 2. The first kappa shape index (κ1) is 26.7. The number of benzene rings is 2. The van der Waals surface area contributed by atoms with Crippen molar-refractivity contribution in [2.75, 3.05) is 32.8 Å². The van der Waals surface area contributed by atoms with Gasteiger partial charge in [0.1, 0.15) is 12.4 Å². The van der Waals surface area contributed by atoms with Crippen LogP contribution in [0.3, 0.4) is 0 Å². The fourth-order valence-corrected chi connectivity index (χ4v) is 5.90. The Hall–Kier alpha value is -2.92. The van der Waals surface area contributed by atoms with Gasteiger partial charge >= 0.3 is 0 Å². The fourth-order valence-electron chi connectivity index (χ4n) is 5.70. The lowest BCUT2D eigenvalue weighted by Gasteiger charge is -2.36. The summed E-state index contributed by atoms with van der Waals surface area (Å²) in [6.07, 6.45) is 6.98. The molecule has 2 aliphatic rings. The lowest BCUT2D eigenvalue weighted by Crippen LogP contribution is -2.38. The zero-order chi connectivity index (χ0) is 26.2. The molecule has 0 radical (unpaired) electrons. The van der Waals surface area contributed by atoms with E-state index >= 15 is 0 Å². The Balaban J connectivity index is 1.14. The summed E-state index contributed by atoms with van der Waals surface area (Å²) in [5, 5.41) is 0.824. The summed E-state index contributed by atoms with van der Waals surface area (Å²) in [4.78, 5) is 11.7. The van der Waals surface area contributed by atoms with Crippen molar-refractivity contribution < 1.29 is 9.68 Å². The molecule has 7 heteroatoms. The number of hydrogen-bond acceptors (Lipinski definition) is 6. The number of nitrogens with two attached hydrogens (primary N) is 1. The topological polar surface area (TPSA) is 72.6 Å². The minimum atomic E-state index is 0.339. The van der Waals surface area contributed by atoms with E-state index in [4.69, 9.17) is 27.2 Å². The first-order valence-corrected chi connectivity index (χ1v) is 13.8. The number of halogens is 1. The monoisotopic (exact) mass is 530 g/mol. The quantitative estimate of drug-likeness (QED) is 0.245. The molecular formula is C31H35ClN4O2. The third-order valence-electron chi connectivity index (χ3n) is 7.63. The van der Waals surface area contributed by atoms with Gasteiger partial charge in [-0.3, -0.25) is 9.88 Å². The Labute approximate surface area is 230 Å². The number of rotatable bonds is 8. The molecule has 1 aliphatic carbocycles. The maximum absolute atomic E-state index is 6.38. The van der Waals surface area contributed by atoms with Crippen molar-refractivity contribution in [1.29, 1.82) is 0 Å². The molecule has 0 saturated carbocycles. The Morgan fingerprint density at radius 3 is 2.68 bits per heavy atom. The fraction of sp³-hybridized carbons (Fsp3) is 0.387. The zero-order valence-corrected chi connectivity index (χ0v) is 22.4. The summed E-state index contributed by atoms with van der Waals surface area (Å²) in [6.45, 7) is 4.35. The van der Waals surface area contributed by atoms with E-state index < -0.39 is 0 Å². The summed E-state index contributed by atoms with van der Waals surface area (Å²) >= 11 is 6.38. The number of likely N-dealkylation sites (tertiary alicyclic amines) is 1. The minimum absolute atomic E-state index is 0.339. The van der Waals surface area contributed by atoms with Crippen LogP contribution in [0, 0.1) is 17.8 Å². The van der Waals surface area contributed by atoms with Crippen LogP contribution in [0.25, 0.3) is 0 Å². The number of aryl methyl sites for hydroxylation is 2. The van der Waals surface area contributed by atoms with E-state index in [-0.39, 0.29) is 0 Å². The molecule has 1 aromatic heterocycles. The first-order chi connectivity index (χ1) is 18.7. The van der Waals surface area contributed by atoms with Crippen LogP contribution < -0.4 is 16.1 Å². The van der Waals surface area contributed by atoms with E-state index in [0.29, 0.717) is 31.4 Å². The molecule has 0 spiro atoms. The van der Waals surface area contributed by atoms with Crippen LogP contribution in [0.4, 0.5) is 0 Å². The molecule has 0 bridgehead atoms.